The third kappa shape index (κ3) is 5.15. The summed E-state index contributed by atoms with van der Waals surface area (Å²) in [5.74, 6) is 0.926. The number of benzene rings is 3. The summed E-state index contributed by atoms with van der Waals surface area (Å²) in [6.07, 6.45) is -4.51. The summed E-state index contributed by atoms with van der Waals surface area (Å²) >= 11 is 0. The number of anilines is 2. The van der Waals surface area contributed by atoms with E-state index in [-0.39, 0.29) is 5.69 Å². The second-order valence-corrected chi connectivity index (χ2v) is 7.05. The number of ether oxygens (including phenoxy) is 1. The van der Waals surface area contributed by atoms with Gasteiger partial charge in [0.2, 0.25) is 0 Å². The van der Waals surface area contributed by atoms with Crippen molar-refractivity contribution in [1.29, 1.82) is 0 Å². The first kappa shape index (κ1) is 21.9. The Bertz CT molecular complexity index is 1270. The molecular weight excluding hydrogens is 433 g/mol. The van der Waals surface area contributed by atoms with Crippen molar-refractivity contribution in [2.45, 2.75) is 6.18 Å². The predicted molar refractivity (Wildman–Crippen MR) is 120 cm³/mol. The lowest BCUT2D eigenvalue weighted by atomic mass is 10.2. The molecule has 0 fully saturated rings. The van der Waals surface area contributed by atoms with E-state index in [0.29, 0.717) is 22.9 Å². The summed E-state index contributed by atoms with van der Waals surface area (Å²) < 4.78 is 45.7. The summed E-state index contributed by atoms with van der Waals surface area (Å²) in [6.45, 7) is 0. The number of methoxy groups -OCH3 is 1. The van der Waals surface area contributed by atoms with Crippen molar-refractivity contribution < 1.29 is 22.7 Å². The lowest BCUT2D eigenvalue weighted by Crippen LogP contribution is -2.21. The second kappa shape index (κ2) is 9.07. The van der Waals surface area contributed by atoms with Crippen molar-refractivity contribution in [3.8, 4) is 22.7 Å². The number of alkyl halides is 3. The monoisotopic (exact) mass is 452 g/mol. The first-order valence-electron chi connectivity index (χ1n) is 9.89. The highest BCUT2D eigenvalue weighted by atomic mass is 19.4. The van der Waals surface area contributed by atoms with Gasteiger partial charge in [-0.15, -0.1) is 0 Å². The van der Waals surface area contributed by atoms with E-state index in [1.165, 1.54) is 16.8 Å². The van der Waals surface area contributed by atoms with Gasteiger partial charge in [-0.1, -0.05) is 42.5 Å². The Labute approximate surface area is 187 Å². The van der Waals surface area contributed by atoms with Gasteiger partial charge in [0.25, 0.3) is 0 Å². The molecule has 33 heavy (non-hydrogen) atoms. The molecule has 0 saturated carbocycles. The summed E-state index contributed by atoms with van der Waals surface area (Å²) in [4.78, 5) is 12.6. The Kier molecular flexibility index (Phi) is 6.03. The van der Waals surface area contributed by atoms with Crippen LogP contribution in [-0.4, -0.2) is 22.9 Å². The maximum atomic E-state index is 13.0. The fraction of sp³-hybridized carbons (Fsp3) is 0.0833. The Hall–Kier alpha value is -4.27. The normalized spacial score (nSPS) is 11.2. The summed E-state index contributed by atoms with van der Waals surface area (Å²) in [5, 5.41) is 9.71. The van der Waals surface area contributed by atoms with E-state index >= 15 is 0 Å². The van der Waals surface area contributed by atoms with Gasteiger partial charge in [0.1, 0.15) is 11.6 Å². The molecule has 2 amide bonds. The number of nitrogens with zero attached hydrogens (tertiary/aromatic N) is 2. The van der Waals surface area contributed by atoms with Crippen LogP contribution < -0.4 is 15.4 Å². The summed E-state index contributed by atoms with van der Waals surface area (Å²) in [7, 11) is 1.54. The Morgan fingerprint density at radius 1 is 0.909 bits per heavy atom. The number of rotatable bonds is 5. The Morgan fingerprint density at radius 2 is 1.67 bits per heavy atom. The zero-order valence-corrected chi connectivity index (χ0v) is 17.4. The molecule has 0 radical (unpaired) electrons. The van der Waals surface area contributed by atoms with Crippen molar-refractivity contribution in [3.05, 3.63) is 90.5 Å². The number of nitrogens with one attached hydrogen (secondary N) is 2. The highest BCUT2D eigenvalue weighted by Gasteiger charge is 2.30. The fourth-order valence-corrected chi connectivity index (χ4v) is 3.21. The first-order valence-corrected chi connectivity index (χ1v) is 9.89. The number of hydrogen-bond acceptors (Lipinski definition) is 3. The molecule has 2 N–H and O–H groups in total. The van der Waals surface area contributed by atoms with Crippen LogP contribution in [0, 0.1) is 0 Å². The maximum absolute atomic E-state index is 13.0. The third-order valence-electron chi connectivity index (χ3n) is 4.77. The third-order valence-corrected chi connectivity index (χ3v) is 4.77. The van der Waals surface area contributed by atoms with E-state index in [4.69, 9.17) is 4.74 Å². The molecule has 0 atom stereocenters. The predicted octanol–water partition coefficient (Wildman–Crippen LogP) is 6.21. The summed E-state index contributed by atoms with van der Waals surface area (Å²) in [5.41, 5.74) is 1.23. The highest BCUT2D eigenvalue weighted by molar-refractivity contribution is 5.99. The van der Waals surface area contributed by atoms with Gasteiger partial charge in [0.05, 0.1) is 24.1 Å². The molecule has 6 nitrogen and oxygen atoms in total. The number of carbonyl (C=O) groups is 1. The van der Waals surface area contributed by atoms with Gasteiger partial charge >= 0.3 is 12.2 Å². The van der Waals surface area contributed by atoms with Gasteiger partial charge in [-0.05, 0) is 30.3 Å². The molecular formula is C24H19F3N4O2. The SMILES string of the molecule is COc1cccc(-n2nc(-c3ccccc3)cc2NC(=O)Nc2cccc(C(F)(F)F)c2)c1. The van der Waals surface area contributed by atoms with Crippen LogP contribution in [0.2, 0.25) is 0 Å². The molecule has 0 bridgehead atoms. The zero-order chi connectivity index (χ0) is 23.4. The number of halogens is 3. The Balaban J connectivity index is 1.65. The average Bonchev–Trinajstić information content (AvgIpc) is 3.23. The second-order valence-electron chi connectivity index (χ2n) is 7.05. The number of urea groups is 1. The molecule has 168 valence electrons. The molecule has 0 aliphatic carbocycles. The molecule has 0 saturated heterocycles. The largest absolute Gasteiger partial charge is 0.497 e. The molecule has 1 aromatic heterocycles. The first-order chi connectivity index (χ1) is 15.8. The topological polar surface area (TPSA) is 68.2 Å². The smallest absolute Gasteiger partial charge is 0.416 e. The number of amides is 2. The van der Waals surface area contributed by atoms with Crippen LogP contribution in [-0.2, 0) is 6.18 Å². The van der Waals surface area contributed by atoms with Gasteiger partial charge < -0.3 is 10.1 Å². The van der Waals surface area contributed by atoms with E-state index in [9.17, 15) is 18.0 Å². The van der Waals surface area contributed by atoms with E-state index in [2.05, 4.69) is 15.7 Å². The quantitative estimate of drug-likeness (QED) is 0.378. The number of hydrogen-bond donors (Lipinski definition) is 2. The van der Waals surface area contributed by atoms with Crippen LogP contribution in [0.4, 0.5) is 29.5 Å². The number of carbonyl (C=O) groups excluding carboxylic acids is 1. The van der Waals surface area contributed by atoms with E-state index in [0.717, 1.165) is 17.7 Å². The van der Waals surface area contributed by atoms with E-state index in [1.54, 1.807) is 37.4 Å². The molecule has 0 unspecified atom stereocenters. The van der Waals surface area contributed by atoms with Gasteiger partial charge in [0, 0.05) is 23.4 Å². The minimum atomic E-state index is -4.51. The minimum absolute atomic E-state index is 0.0121. The highest BCUT2D eigenvalue weighted by Crippen LogP contribution is 2.31. The van der Waals surface area contributed by atoms with Gasteiger partial charge in [-0.2, -0.15) is 18.3 Å². The standard InChI is InChI=1S/C24H19F3N4O2/c1-33-20-12-6-11-19(14-20)31-22(15-21(30-31)16-7-3-2-4-8-16)29-23(32)28-18-10-5-9-17(13-18)24(25,26)27/h2-15H,1H3,(H2,28,29,32). The van der Waals surface area contributed by atoms with Gasteiger partial charge in [-0.25, -0.2) is 9.48 Å². The molecule has 0 aliphatic heterocycles. The van der Waals surface area contributed by atoms with Crippen LogP contribution in [0.15, 0.2) is 84.9 Å². The van der Waals surface area contributed by atoms with Crippen molar-refractivity contribution in [1.82, 2.24) is 9.78 Å². The Morgan fingerprint density at radius 3 is 2.39 bits per heavy atom. The maximum Gasteiger partial charge on any atom is 0.416 e. The van der Waals surface area contributed by atoms with Crippen LogP contribution in [0.25, 0.3) is 16.9 Å². The minimum Gasteiger partial charge on any atom is -0.497 e. The molecule has 0 spiro atoms. The van der Waals surface area contributed by atoms with Gasteiger partial charge in [0.15, 0.2) is 0 Å². The van der Waals surface area contributed by atoms with Crippen molar-refractivity contribution in [2.75, 3.05) is 17.7 Å². The zero-order valence-electron chi connectivity index (χ0n) is 17.4. The molecule has 4 aromatic rings. The van der Waals surface area contributed by atoms with Crippen LogP contribution in [0.1, 0.15) is 5.56 Å². The van der Waals surface area contributed by atoms with Crippen LogP contribution >= 0.6 is 0 Å². The van der Waals surface area contributed by atoms with E-state index in [1.807, 2.05) is 30.3 Å². The molecule has 4 rings (SSSR count). The van der Waals surface area contributed by atoms with E-state index < -0.39 is 17.8 Å². The molecule has 3 aromatic carbocycles. The lowest BCUT2D eigenvalue weighted by molar-refractivity contribution is -0.137. The van der Waals surface area contributed by atoms with Crippen molar-refractivity contribution in [3.63, 3.8) is 0 Å². The van der Waals surface area contributed by atoms with Crippen molar-refractivity contribution in [2.24, 2.45) is 0 Å². The fourth-order valence-electron chi connectivity index (χ4n) is 3.21. The molecule has 9 heteroatoms. The summed E-state index contributed by atoms with van der Waals surface area (Å²) in [6, 6.07) is 21.9. The van der Waals surface area contributed by atoms with Crippen molar-refractivity contribution >= 4 is 17.5 Å². The van der Waals surface area contributed by atoms with Crippen LogP contribution in [0.3, 0.4) is 0 Å². The average molecular weight is 452 g/mol. The number of aromatic nitrogens is 2. The molecule has 1 heterocycles. The lowest BCUT2D eigenvalue weighted by Gasteiger charge is -2.12. The van der Waals surface area contributed by atoms with Crippen LogP contribution in [0.5, 0.6) is 5.75 Å². The molecule has 0 aliphatic rings. The van der Waals surface area contributed by atoms with Gasteiger partial charge in [-0.3, -0.25) is 5.32 Å².